The SMILES string of the molecule is Fc1ccc(OCCCCCOc2nc3ccccc3s2)cc1. The van der Waals surface area contributed by atoms with Crippen molar-refractivity contribution in [3.63, 3.8) is 0 Å². The number of benzene rings is 2. The van der Waals surface area contributed by atoms with Gasteiger partial charge in [-0.25, -0.2) is 9.37 Å². The third kappa shape index (κ3) is 4.66. The number of unbranched alkanes of at least 4 members (excludes halogenated alkanes) is 2. The highest BCUT2D eigenvalue weighted by atomic mass is 32.1. The van der Waals surface area contributed by atoms with Crippen LogP contribution in [0.1, 0.15) is 19.3 Å². The predicted molar refractivity (Wildman–Crippen MR) is 90.9 cm³/mol. The fraction of sp³-hybridized carbons (Fsp3) is 0.278. The second-order valence-electron chi connectivity index (χ2n) is 5.16. The van der Waals surface area contributed by atoms with Crippen LogP contribution in [-0.4, -0.2) is 18.2 Å². The molecule has 0 saturated heterocycles. The molecular weight excluding hydrogens is 313 g/mol. The van der Waals surface area contributed by atoms with Gasteiger partial charge in [0.25, 0.3) is 5.19 Å². The molecular formula is C18H18FNO2S. The highest BCUT2D eigenvalue weighted by molar-refractivity contribution is 7.20. The highest BCUT2D eigenvalue weighted by Gasteiger charge is 2.03. The number of nitrogens with zero attached hydrogens (tertiary/aromatic N) is 1. The van der Waals surface area contributed by atoms with E-state index in [2.05, 4.69) is 4.98 Å². The molecule has 0 atom stereocenters. The predicted octanol–water partition coefficient (Wildman–Crippen LogP) is 5.06. The fourth-order valence-corrected chi connectivity index (χ4v) is 3.01. The molecule has 0 amide bonds. The highest BCUT2D eigenvalue weighted by Crippen LogP contribution is 2.27. The van der Waals surface area contributed by atoms with Crippen molar-refractivity contribution in [2.24, 2.45) is 0 Å². The quantitative estimate of drug-likeness (QED) is 0.540. The zero-order chi connectivity index (χ0) is 15.9. The van der Waals surface area contributed by atoms with Crippen molar-refractivity contribution in [2.45, 2.75) is 19.3 Å². The molecule has 0 bridgehead atoms. The van der Waals surface area contributed by atoms with E-state index in [0.29, 0.717) is 19.0 Å². The van der Waals surface area contributed by atoms with Gasteiger partial charge < -0.3 is 9.47 Å². The fourth-order valence-electron chi connectivity index (χ4n) is 2.17. The average Bonchev–Trinajstić information content (AvgIpc) is 2.98. The van der Waals surface area contributed by atoms with Crippen LogP contribution in [0.15, 0.2) is 48.5 Å². The second-order valence-corrected chi connectivity index (χ2v) is 6.15. The van der Waals surface area contributed by atoms with Gasteiger partial charge in [0.1, 0.15) is 11.6 Å². The molecule has 1 aromatic heterocycles. The Labute approximate surface area is 138 Å². The summed E-state index contributed by atoms with van der Waals surface area (Å²) < 4.78 is 25.1. The molecule has 1 heterocycles. The van der Waals surface area contributed by atoms with Gasteiger partial charge in [-0.2, -0.15) is 0 Å². The Morgan fingerprint density at radius 2 is 1.61 bits per heavy atom. The van der Waals surface area contributed by atoms with E-state index in [1.165, 1.54) is 12.1 Å². The molecule has 5 heteroatoms. The minimum atomic E-state index is -0.246. The minimum Gasteiger partial charge on any atom is -0.494 e. The van der Waals surface area contributed by atoms with Crippen molar-refractivity contribution in [3.8, 4) is 10.9 Å². The maximum Gasteiger partial charge on any atom is 0.274 e. The van der Waals surface area contributed by atoms with Crippen LogP contribution in [0.4, 0.5) is 4.39 Å². The lowest BCUT2D eigenvalue weighted by atomic mass is 10.2. The first-order valence-electron chi connectivity index (χ1n) is 7.68. The van der Waals surface area contributed by atoms with Gasteiger partial charge in [-0.05, 0) is 55.7 Å². The maximum atomic E-state index is 12.7. The van der Waals surface area contributed by atoms with Crippen LogP contribution in [0.5, 0.6) is 10.9 Å². The third-order valence-electron chi connectivity index (χ3n) is 3.37. The van der Waals surface area contributed by atoms with Crippen LogP contribution in [0.3, 0.4) is 0 Å². The number of halogens is 1. The Hall–Kier alpha value is -2.14. The van der Waals surface area contributed by atoms with E-state index in [1.807, 2.05) is 24.3 Å². The molecule has 23 heavy (non-hydrogen) atoms. The Bertz CT molecular complexity index is 709. The number of ether oxygens (including phenoxy) is 2. The van der Waals surface area contributed by atoms with Crippen LogP contribution >= 0.6 is 11.3 Å². The second kappa shape index (κ2) is 7.92. The van der Waals surface area contributed by atoms with Crippen molar-refractivity contribution in [3.05, 3.63) is 54.3 Å². The molecule has 3 nitrogen and oxygen atoms in total. The van der Waals surface area contributed by atoms with Gasteiger partial charge in [0.2, 0.25) is 0 Å². The van der Waals surface area contributed by atoms with Gasteiger partial charge >= 0.3 is 0 Å². The van der Waals surface area contributed by atoms with E-state index >= 15 is 0 Å². The number of para-hydroxylation sites is 1. The molecule has 120 valence electrons. The standard InChI is InChI=1S/C18H18FNO2S/c19-14-8-10-15(11-9-14)21-12-4-1-5-13-22-18-20-16-6-2-3-7-17(16)23-18/h2-3,6-11H,1,4-5,12-13H2. The number of thiazole rings is 1. The van der Waals surface area contributed by atoms with E-state index in [1.54, 1.807) is 23.5 Å². The van der Waals surface area contributed by atoms with Crippen LogP contribution in [-0.2, 0) is 0 Å². The van der Waals surface area contributed by atoms with Gasteiger partial charge in [0, 0.05) is 0 Å². The largest absolute Gasteiger partial charge is 0.494 e. The van der Waals surface area contributed by atoms with E-state index < -0.39 is 0 Å². The first kappa shape index (κ1) is 15.7. The average molecular weight is 331 g/mol. The summed E-state index contributed by atoms with van der Waals surface area (Å²) in [5.41, 5.74) is 0.986. The van der Waals surface area contributed by atoms with Crippen LogP contribution in [0.25, 0.3) is 10.2 Å². The van der Waals surface area contributed by atoms with Crippen LogP contribution in [0.2, 0.25) is 0 Å². The Kier molecular flexibility index (Phi) is 5.42. The van der Waals surface area contributed by atoms with E-state index in [-0.39, 0.29) is 5.82 Å². The van der Waals surface area contributed by atoms with Crippen LogP contribution in [0, 0.1) is 5.82 Å². The van der Waals surface area contributed by atoms with Gasteiger partial charge in [0.05, 0.1) is 23.4 Å². The number of rotatable bonds is 8. The van der Waals surface area contributed by atoms with Crippen molar-refractivity contribution in [1.29, 1.82) is 0 Å². The lowest BCUT2D eigenvalue weighted by molar-refractivity contribution is 0.279. The van der Waals surface area contributed by atoms with Gasteiger partial charge in [0.15, 0.2) is 0 Å². The summed E-state index contributed by atoms with van der Waals surface area (Å²) in [4.78, 5) is 4.43. The zero-order valence-electron chi connectivity index (χ0n) is 12.7. The van der Waals surface area contributed by atoms with E-state index in [0.717, 1.165) is 34.7 Å². The Morgan fingerprint density at radius 1 is 0.870 bits per heavy atom. The lowest BCUT2D eigenvalue weighted by Gasteiger charge is -2.06. The van der Waals surface area contributed by atoms with Crippen molar-refractivity contribution in [2.75, 3.05) is 13.2 Å². The van der Waals surface area contributed by atoms with E-state index in [4.69, 9.17) is 9.47 Å². The molecule has 0 unspecified atom stereocenters. The summed E-state index contributed by atoms with van der Waals surface area (Å²) >= 11 is 1.58. The molecule has 0 fully saturated rings. The van der Waals surface area contributed by atoms with Crippen molar-refractivity contribution in [1.82, 2.24) is 4.98 Å². The summed E-state index contributed by atoms with van der Waals surface area (Å²) in [6.45, 7) is 1.29. The molecule has 0 aliphatic heterocycles. The van der Waals surface area contributed by atoms with Crippen molar-refractivity contribution >= 4 is 21.6 Å². The maximum absolute atomic E-state index is 12.7. The number of fused-ring (bicyclic) bond motifs is 1. The Balaban J connectivity index is 1.30. The van der Waals surface area contributed by atoms with Crippen LogP contribution < -0.4 is 9.47 Å². The summed E-state index contributed by atoms with van der Waals surface area (Å²) in [6, 6.07) is 14.1. The zero-order valence-corrected chi connectivity index (χ0v) is 13.5. The van der Waals surface area contributed by atoms with E-state index in [9.17, 15) is 4.39 Å². The van der Waals surface area contributed by atoms with Gasteiger partial charge in [-0.3, -0.25) is 0 Å². The molecule has 3 aromatic rings. The summed E-state index contributed by atoms with van der Waals surface area (Å²) in [5, 5.41) is 0.730. The molecule has 0 N–H and O–H groups in total. The minimum absolute atomic E-state index is 0.246. The summed E-state index contributed by atoms with van der Waals surface area (Å²) in [7, 11) is 0. The lowest BCUT2D eigenvalue weighted by Crippen LogP contribution is -2.00. The third-order valence-corrected chi connectivity index (χ3v) is 4.32. The van der Waals surface area contributed by atoms with Crippen molar-refractivity contribution < 1.29 is 13.9 Å². The number of aromatic nitrogens is 1. The molecule has 0 aliphatic rings. The first-order valence-corrected chi connectivity index (χ1v) is 8.50. The molecule has 2 aromatic carbocycles. The van der Waals surface area contributed by atoms with Gasteiger partial charge in [-0.1, -0.05) is 23.5 Å². The first-order chi connectivity index (χ1) is 11.3. The number of hydrogen-bond acceptors (Lipinski definition) is 4. The molecule has 0 aliphatic carbocycles. The normalized spacial score (nSPS) is 10.8. The monoisotopic (exact) mass is 331 g/mol. The molecule has 0 saturated carbocycles. The molecule has 0 radical (unpaired) electrons. The summed E-state index contributed by atoms with van der Waals surface area (Å²) in [5.74, 6) is 0.460. The topological polar surface area (TPSA) is 31.4 Å². The summed E-state index contributed by atoms with van der Waals surface area (Å²) in [6.07, 6.45) is 2.93. The van der Waals surface area contributed by atoms with Gasteiger partial charge in [-0.15, -0.1) is 0 Å². The number of hydrogen-bond donors (Lipinski definition) is 0. The smallest absolute Gasteiger partial charge is 0.274 e. The molecule has 0 spiro atoms. The molecule has 3 rings (SSSR count). The Morgan fingerprint density at radius 3 is 2.39 bits per heavy atom.